The maximum absolute atomic E-state index is 11.6. The number of carbonyl (C=O) groups excluding carboxylic acids is 2. The van der Waals surface area contributed by atoms with Gasteiger partial charge in [0, 0.05) is 19.2 Å². The predicted molar refractivity (Wildman–Crippen MR) is 53.6 cm³/mol. The summed E-state index contributed by atoms with van der Waals surface area (Å²) in [7, 11) is 2.57. The van der Waals surface area contributed by atoms with Gasteiger partial charge in [0.15, 0.2) is 6.10 Å². The summed E-state index contributed by atoms with van der Waals surface area (Å²) in [6.07, 6.45) is -0.679. The van der Waals surface area contributed by atoms with E-state index in [1.807, 2.05) is 0 Å². The van der Waals surface area contributed by atoms with E-state index in [0.717, 1.165) is 4.90 Å². The van der Waals surface area contributed by atoms with Gasteiger partial charge in [0.05, 0.1) is 7.11 Å². The molecule has 7 nitrogen and oxygen atoms in total. The summed E-state index contributed by atoms with van der Waals surface area (Å²) in [6.45, 7) is 0. The molecule has 0 aromatic heterocycles. The average Bonchev–Trinajstić information content (AvgIpc) is 2.31. The number of carbonyl (C=O) groups is 2. The number of hydrogen-bond donors (Lipinski definition) is 1. The molecule has 2 bridgehead atoms. The molecule has 17 heavy (non-hydrogen) atoms. The van der Waals surface area contributed by atoms with Crippen LogP contribution in [0, 0.1) is 5.92 Å². The molecule has 1 saturated heterocycles. The van der Waals surface area contributed by atoms with Crippen molar-refractivity contribution in [2.24, 2.45) is 5.92 Å². The SMILES string of the molecule is COC(=O)N1C=CC2C(OC)C(=O)OC1[C@H]2O. The van der Waals surface area contributed by atoms with Gasteiger partial charge in [0.25, 0.3) is 0 Å². The number of aliphatic hydroxyl groups excluding tert-OH is 1. The maximum atomic E-state index is 11.6. The van der Waals surface area contributed by atoms with Crippen molar-refractivity contribution in [3.63, 3.8) is 0 Å². The first kappa shape index (κ1) is 11.9. The topological polar surface area (TPSA) is 85.3 Å². The van der Waals surface area contributed by atoms with Crippen LogP contribution in [0.5, 0.6) is 0 Å². The second-order valence-electron chi connectivity index (χ2n) is 3.77. The Morgan fingerprint density at radius 3 is 2.82 bits per heavy atom. The number of fused-ring (bicyclic) bond motifs is 2. The van der Waals surface area contributed by atoms with Crippen LogP contribution in [0.15, 0.2) is 12.3 Å². The summed E-state index contributed by atoms with van der Waals surface area (Å²) in [5.74, 6) is -1.13. The number of nitrogens with zero attached hydrogens (tertiary/aromatic N) is 1. The fourth-order valence-corrected chi connectivity index (χ4v) is 2.02. The van der Waals surface area contributed by atoms with E-state index in [1.54, 1.807) is 0 Å². The fraction of sp³-hybridized carbons (Fsp3) is 0.600. The van der Waals surface area contributed by atoms with Gasteiger partial charge in [-0.1, -0.05) is 6.08 Å². The van der Waals surface area contributed by atoms with Crippen LogP contribution in [0.2, 0.25) is 0 Å². The number of methoxy groups -OCH3 is 2. The summed E-state index contributed by atoms with van der Waals surface area (Å²) in [5.41, 5.74) is 0. The molecule has 0 aromatic carbocycles. The molecule has 2 aliphatic heterocycles. The average molecular weight is 243 g/mol. The van der Waals surface area contributed by atoms with Crippen LogP contribution >= 0.6 is 0 Å². The molecule has 1 amide bonds. The highest BCUT2D eigenvalue weighted by molar-refractivity contribution is 5.78. The minimum absolute atomic E-state index is 0.521. The van der Waals surface area contributed by atoms with E-state index in [4.69, 9.17) is 9.47 Å². The normalized spacial score (nSPS) is 35.5. The summed E-state index contributed by atoms with van der Waals surface area (Å²) in [4.78, 5) is 24.0. The van der Waals surface area contributed by atoms with Gasteiger partial charge in [-0.2, -0.15) is 0 Å². The Balaban J connectivity index is 2.29. The van der Waals surface area contributed by atoms with Crippen molar-refractivity contribution < 1.29 is 28.9 Å². The zero-order valence-electron chi connectivity index (χ0n) is 9.40. The molecule has 2 aliphatic rings. The molecule has 1 fully saturated rings. The zero-order chi connectivity index (χ0) is 12.6. The van der Waals surface area contributed by atoms with Gasteiger partial charge in [-0.3, -0.25) is 0 Å². The van der Waals surface area contributed by atoms with Crippen molar-refractivity contribution in [1.82, 2.24) is 4.90 Å². The Morgan fingerprint density at radius 2 is 2.24 bits per heavy atom. The molecule has 0 saturated carbocycles. The van der Waals surface area contributed by atoms with Crippen LogP contribution in [0.1, 0.15) is 0 Å². The summed E-state index contributed by atoms with van der Waals surface area (Å²) >= 11 is 0. The standard InChI is InChI=1S/C10H13NO6/c1-15-7-5-3-4-11(10(14)16-2)8(6(5)12)17-9(7)13/h3-8,12H,1-2H3/t5?,6-,7?,8?/m0/s1. The molecule has 7 heteroatoms. The number of esters is 1. The molecule has 4 atom stereocenters. The van der Waals surface area contributed by atoms with Crippen molar-refractivity contribution in [2.45, 2.75) is 18.4 Å². The lowest BCUT2D eigenvalue weighted by atomic mass is 9.89. The molecule has 1 N–H and O–H groups in total. The number of aliphatic hydroxyl groups is 1. The van der Waals surface area contributed by atoms with Gasteiger partial charge in [-0.15, -0.1) is 0 Å². The van der Waals surface area contributed by atoms with Crippen molar-refractivity contribution in [1.29, 1.82) is 0 Å². The number of hydrogen-bond acceptors (Lipinski definition) is 6. The smallest absolute Gasteiger partial charge is 0.416 e. The van der Waals surface area contributed by atoms with E-state index in [9.17, 15) is 14.7 Å². The third-order valence-corrected chi connectivity index (χ3v) is 2.89. The molecule has 3 unspecified atom stereocenters. The van der Waals surface area contributed by atoms with Crippen LogP contribution in [0.4, 0.5) is 4.79 Å². The minimum atomic E-state index is -1.06. The quantitative estimate of drug-likeness (QED) is 0.622. The Morgan fingerprint density at radius 1 is 1.53 bits per heavy atom. The minimum Gasteiger partial charge on any atom is -0.452 e. The monoisotopic (exact) mass is 243 g/mol. The van der Waals surface area contributed by atoms with Gasteiger partial charge < -0.3 is 19.3 Å². The van der Waals surface area contributed by atoms with Crippen LogP contribution in [0.3, 0.4) is 0 Å². The molecule has 2 heterocycles. The Labute approximate surface area is 97.5 Å². The Kier molecular flexibility index (Phi) is 3.03. The van der Waals surface area contributed by atoms with Crippen LogP contribution in [-0.2, 0) is 19.0 Å². The largest absolute Gasteiger partial charge is 0.452 e. The lowest BCUT2D eigenvalue weighted by molar-refractivity contribution is -0.207. The van der Waals surface area contributed by atoms with Gasteiger partial charge in [0.2, 0.25) is 6.23 Å². The maximum Gasteiger partial charge on any atom is 0.416 e. The third-order valence-electron chi connectivity index (χ3n) is 2.89. The summed E-state index contributed by atoms with van der Waals surface area (Å²) < 4.78 is 14.4. The van der Waals surface area contributed by atoms with Crippen molar-refractivity contribution in [3.05, 3.63) is 12.3 Å². The van der Waals surface area contributed by atoms with E-state index >= 15 is 0 Å². The van der Waals surface area contributed by atoms with Crippen molar-refractivity contribution in [2.75, 3.05) is 14.2 Å². The first-order valence-electron chi connectivity index (χ1n) is 5.06. The zero-order valence-corrected chi connectivity index (χ0v) is 9.40. The fourth-order valence-electron chi connectivity index (χ4n) is 2.02. The van der Waals surface area contributed by atoms with E-state index in [1.165, 1.54) is 26.5 Å². The number of rotatable bonds is 1. The lowest BCUT2D eigenvalue weighted by Gasteiger charge is -2.43. The second kappa shape index (κ2) is 4.34. The Bertz CT molecular complexity index is 368. The second-order valence-corrected chi connectivity index (χ2v) is 3.77. The molecule has 0 radical (unpaired) electrons. The third kappa shape index (κ3) is 1.77. The van der Waals surface area contributed by atoms with Gasteiger partial charge in [-0.05, 0) is 0 Å². The summed E-state index contributed by atoms with van der Waals surface area (Å²) in [5, 5.41) is 9.96. The predicted octanol–water partition coefficient (Wildman–Crippen LogP) is -0.543. The van der Waals surface area contributed by atoms with E-state index < -0.39 is 36.4 Å². The first-order chi connectivity index (χ1) is 8.10. The van der Waals surface area contributed by atoms with Gasteiger partial charge in [-0.25, -0.2) is 14.5 Å². The molecule has 0 aromatic rings. The van der Waals surface area contributed by atoms with Crippen LogP contribution in [-0.4, -0.2) is 54.7 Å². The molecule has 0 spiro atoms. The molecular formula is C10H13NO6. The van der Waals surface area contributed by atoms with Gasteiger partial charge in [0.1, 0.15) is 6.10 Å². The molecule has 94 valence electrons. The number of amides is 1. The van der Waals surface area contributed by atoms with Crippen LogP contribution in [0.25, 0.3) is 0 Å². The lowest BCUT2D eigenvalue weighted by Crippen LogP contribution is -2.60. The summed E-state index contributed by atoms with van der Waals surface area (Å²) in [6, 6.07) is 0. The van der Waals surface area contributed by atoms with Crippen LogP contribution < -0.4 is 0 Å². The highest BCUT2D eigenvalue weighted by atomic mass is 16.6. The van der Waals surface area contributed by atoms with E-state index in [-0.39, 0.29) is 0 Å². The van der Waals surface area contributed by atoms with Crippen molar-refractivity contribution in [3.8, 4) is 0 Å². The molecule has 0 aliphatic carbocycles. The van der Waals surface area contributed by atoms with E-state index in [2.05, 4.69) is 4.74 Å². The molecular weight excluding hydrogens is 230 g/mol. The highest BCUT2D eigenvalue weighted by Crippen LogP contribution is 2.31. The number of ether oxygens (including phenoxy) is 3. The molecule has 2 rings (SSSR count). The first-order valence-corrected chi connectivity index (χ1v) is 5.06. The van der Waals surface area contributed by atoms with Gasteiger partial charge >= 0.3 is 12.1 Å². The Hall–Kier alpha value is -1.60. The highest BCUT2D eigenvalue weighted by Gasteiger charge is 2.50. The van der Waals surface area contributed by atoms with Crippen molar-refractivity contribution >= 4 is 12.1 Å². The van der Waals surface area contributed by atoms with E-state index in [0.29, 0.717) is 0 Å².